The summed E-state index contributed by atoms with van der Waals surface area (Å²) >= 11 is 0. The summed E-state index contributed by atoms with van der Waals surface area (Å²) in [5.41, 5.74) is 0.915. The van der Waals surface area contributed by atoms with Crippen molar-refractivity contribution in [1.29, 1.82) is 0 Å². The van der Waals surface area contributed by atoms with Gasteiger partial charge in [0.15, 0.2) is 0 Å². The highest BCUT2D eigenvalue weighted by Crippen LogP contribution is 2.37. The molecule has 13 heavy (non-hydrogen) atoms. The molecule has 0 atom stereocenters. The molecule has 0 aromatic rings. The van der Waals surface area contributed by atoms with Crippen molar-refractivity contribution >= 4 is 11.8 Å². The van der Waals surface area contributed by atoms with Crippen molar-refractivity contribution in [2.75, 3.05) is 7.05 Å². The summed E-state index contributed by atoms with van der Waals surface area (Å²) in [6.07, 6.45) is 0. The van der Waals surface area contributed by atoms with Crippen molar-refractivity contribution in [2.24, 2.45) is 5.41 Å². The lowest BCUT2D eigenvalue weighted by atomic mass is 9.84. The number of rotatable bonds is 0. The lowest BCUT2D eigenvalue weighted by Gasteiger charge is -2.16. The second kappa shape index (κ2) is 2.69. The molecule has 1 rings (SSSR count). The molecule has 0 aromatic carbocycles. The predicted octanol–water partition coefficient (Wildman–Crippen LogP) is 1.35. The number of allylic oxidation sites excluding steroid dienone is 1. The first-order valence-corrected chi connectivity index (χ1v) is 4.30. The molecule has 0 bridgehead atoms. The molecule has 3 nitrogen and oxygen atoms in total. The molecule has 1 aliphatic rings. The summed E-state index contributed by atoms with van der Waals surface area (Å²) in [6, 6.07) is 0. The molecular weight excluding hydrogens is 166 g/mol. The van der Waals surface area contributed by atoms with E-state index in [1.165, 1.54) is 11.9 Å². The smallest absolute Gasteiger partial charge is 0.257 e. The van der Waals surface area contributed by atoms with E-state index in [1.54, 1.807) is 13.8 Å². The Morgan fingerprint density at radius 1 is 1.23 bits per heavy atom. The lowest BCUT2D eigenvalue weighted by Crippen LogP contribution is -2.29. The molecule has 1 saturated heterocycles. The van der Waals surface area contributed by atoms with E-state index in [2.05, 4.69) is 0 Å². The van der Waals surface area contributed by atoms with E-state index in [-0.39, 0.29) is 11.8 Å². The van der Waals surface area contributed by atoms with Crippen LogP contribution in [0.1, 0.15) is 27.7 Å². The van der Waals surface area contributed by atoms with Crippen LogP contribution in [0.2, 0.25) is 0 Å². The van der Waals surface area contributed by atoms with Gasteiger partial charge in [0.2, 0.25) is 5.91 Å². The summed E-state index contributed by atoms with van der Waals surface area (Å²) in [5.74, 6) is -0.274. The fourth-order valence-corrected chi connectivity index (χ4v) is 1.89. The highest BCUT2D eigenvalue weighted by atomic mass is 16.2. The van der Waals surface area contributed by atoms with Gasteiger partial charge in [-0.3, -0.25) is 14.5 Å². The number of likely N-dealkylation sites (N-methyl/N-ethyl adjacent to an activating group) is 1. The first-order chi connectivity index (χ1) is 5.80. The number of likely N-dealkylation sites (tertiary alicyclic amines) is 1. The number of hydrogen-bond acceptors (Lipinski definition) is 2. The number of hydrogen-bond donors (Lipinski definition) is 0. The third kappa shape index (κ3) is 1.19. The molecule has 0 saturated carbocycles. The third-order valence-electron chi connectivity index (χ3n) is 2.48. The molecule has 1 aliphatic heterocycles. The number of carbonyl (C=O) groups is 2. The van der Waals surface area contributed by atoms with E-state index in [0.717, 1.165) is 5.57 Å². The molecule has 72 valence electrons. The SMILES string of the molecule is CC(C)=C1C(=O)N(C)C(=O)C1(C)C. The minimum absolute atomic E-state index is 0.117. The summed E-state index contributed by atoms with van der Waals surface area (Å²) in [5, 5.41) is 0. The maximum absolute atomic E-state index is 11.6. The largest absolute Gasteiger partial charge is 0.281 e. The van der Waals surface area contributed by atoms with E-state index >= 15 is 0 Å². The standard InChI is InChI=1S/C10H15NO2/c1-6(2)7-8(12)11(5)9(13)10(7,3)4/h1-5H3. The first kappa shape index (κ1) is 9.96. The molecule has 1 fully saturated rings. The van der Waals surface area contributed by atoms with E-state index in [1.807, 2.05) is 13.8 Å². The van der Waals surface area contributed by atoms with Gasteiger partial charge in [0.25, 0.3) is 5.91 Å². The monoisotopic (exact) mass is 181 g/mol. The van der Waals surface area contributed by atoms with E-state index in [0.29, 0.717) is 5.57 Å². The highest BCUT2D eigenvalue weighted by molar-refractivity contribution is 6.16. The molecule has 0 N–H and O–H groups in total. The van der Waals surface area contributed by atoms with Gasteiger partial charge in [-0.2, -0.15) is 0 Å². The predicted molar refractivity (Wildman–Crippen MR) is 49.9 cm³/mol. The number of imide groups is 1. The topological polar surface area (TPSA) is 37.4 Å². The highest BCUT2D eigenvalue weighted by Gasteiger charge is 2.47. The van der Waals surface area contributed by atoms with Crippen LogP contribution in [-0.4, -0.2) is 23.8 Å². The van der Waals surface area contributed by atoms with Crippen molar-refractivity contribution in [3.8, 4) is 0 Å². The van der Waals surface area contributed by atoms with Crippen LogP contribution in [-0.2, 0) is 9.59 Å². The van der Waals surface area contributed by atoms with Crippen molar-refractivity contribution in [1.82, 2.24) is 4.90 Å². The summed E-state index contributed by atoms with van der Waals surface area (Å²) in [7, 11) is 1.53. The number of nitrogens with zero attached hydrogens (tertiary/aromatic N) is 1. The molecule has 0 radical (unpaired) electrons. The Bertz CT molecular complexity index is 309. The van der Waals surface area contributed by atoms with Gasteiger partial charge in [0.05, 0.1) is 5.41 Å². The molecule has 0 spiro atoms. The molecule has 1 heterocycles. The zero-order chi connectivity index (χ0) is 10.4. The average molecular weight is 181 g/mol. The van der Waals surface area contributed by atoms with Gasteiger partial charge in [0.1, 0.15) is 0 Å². The van der Waals surface area contributed by atoms with Gasteiger partial charge in [-0.1, -0.05) is 5.57 Å². The van der Waals surface area contributed by atoms with Gasteiger partial charge in [0, 0.05) is 12.6 Å². The van der Waals surface area contributed by atoms with Crippen molar-refractivity contribution in [3.63, 3.8) is 0 Å². The van der Waals surface area contributed by atoms with Crippen LogP contribution in [0.15, 0.2) is 11.1 Å². The molecule has 0 unspecified atom stereocenters. The minimum atomic E-state index is -0.648. The minimum Gasteiger partial charge on any atom is -0.281 e. The number of amides is 2. The third-order valence-corrected chi connectivity index (χ3v) is 2.48. The zero-order valence-corrected chi connectivity index (χ0v) is 8.76. The van der Waals surface area contributed by atoms with Gasteiger partial charge in [-0.05, 0) is 27.7 Å². The maximum Gasteiger partial charge on any atom is 0.257 e. The van der Waals surface area contributed by atoms with Gasteiger partial charge < -0.3 is 0 Å². The van der Waals surface area contributed by atoms with Gasteiger partial charge in [-0.25, -0.2) is 0 Å². The Morgan fingerprint density at radius 3 is 1.85 bits per heavy atom. The van der Waals surface area contributed by atoms with Crippen LogP contribution in [0, 0.1) is 5.41 Å². The van der Waals surface area contributed by atoms with Crippen LogP contribution in [0.25, 0.3) is 0 Å². The molecule has 2 amide bonds. The second-order valence-corrected chi connectivity index (χ2v) is 4.17. The first-order valence-electron chi connectivity index (χ1n) is 4.30. The van der Waals surface area contributed by atoms with E-state index < -0.39 is 5.41 Å². The van der Waals surface area contributed by atoms with Gasteiger partial charge in [-0.15, -0.1) is 0 Å². The van der Waals surface area contributed by atoms with E-state index in [9.17, 15) is 9.59 Å². The molecule has 0 aromatic heterocycles. The van der Waals surface area contributed by atoms with Crippen molar-refractivity contribution in [3.05, 3.63) is 11.1 Å². The van der Waals surface area contributed by atoms with Crippen molar-refractivity contribution in [2.45, 2.75) is 27.7 Å². The Hall–Kier alpha value is -1.12. The maximum atomic E-state index is 11.6. The fraction of sp³-hybridized carbons (Fsp3) is 0.600. The molecule has 3 heteroatoms. The normalized spacial score (nSPS) is 21.3. The van der Waals surface area contributed by atoms with E-state index in [4.69, 9.17) is 0 Å². The Labute approximate surface area is 78.4 Å². The Balaban J connectivity index is 3.35. The van der Waals surface area contributed by atoms with Crippen LogP contribution >= 0.6 is 0 Å². The van der Waals surface area contributed by atoms with Crippen LogP contribution in [0.5, 0.6) is 0 Å². The lowest BCUT2D eigenvalue weighted by molar-refractivity contribution is -0.139. The summed E-state index contributed by atoms with van der Waals surface area (Å²) in [4.78, 5) is 24.4. The second-order valence-electron chi connectivity index (χ2n) is 4.17. The molecular formula is C10H15NO2. The van der Waals surface area contributed by atoms with Crippen LogP contribution in [0.3, 0.4) is 0 Å². The van der Waals surface area contributed by atoms with Gasteiger partial charge >= 0.3 is 0 Å². The molecule has 0 aliphatic carbocycles. The summed E-state index contributed by atoms with van der Waals surface area (Å²) < 4.78 is 0. The van der Waals surface area contributed by atoms with Crippen molar-refractivity contribution < 1.29 is 9.59 Å². The Morgan fingerprint density at radius 2 is 1.69 bits per heavy atom. The quantitative estimate of drug-likeness (QED) is 0.418. The zero-order valence-electron chi connectivity index (χ0n) is 8.76. The summed E-state index contributed by atoms with van der Waals surface area (Å²) in [6.45, 7) is 7.31. The number of carbonyl (C=O) groups excluding carboxylic acids is 2. The fourth-order valence-electron chi connectivity index (χ4n) is 1.89. The van der Waals surface area contributed by atoms with Crippen LogP contribution < -0.4 is 0 Å². The Kier molecular flexibility index (Phi) is 2.06. The average Bonchev–Trinajstić information content (AvgIpc) is 2.12. The van der Waals surface area contributed by atoms with Crippen LogP contribution in [0.4, 0.5) is 0 Å².